The van der Waals surface area contributed by atoms with E-state index in [1.165, 1.54) is 12.1 Å². The number of aryl methyl sites for hydroxylation is 1. The van der Waals surface area contributed by atoms with Crippen molar-refractivity contribution in [2.24, 2.45) is 0 Å². The van der Waals surface area contributed by atoms with Crippen LogP contribution in [-0.2, 0) is 13.0 Å². The van der Waals surface area contributed by atoms with E-state index in [4.69, 9.17) is 4.74 Å². The Balaban J connectivity index is 1.43. The van der Waals surface area contributed by atoms with Crippen LogP contribution in [0.2, 0.25) is 0 Å². The number of fused-ring (bicyclic) bond motifs is 1. The van der Waals surface area contributed by atoms with Crippen LogP contribution in [0.4, 0.5) is 0 Å². The van der Waals surface area contributed by atoms with Gasteiger partial charge in [0.05, 0.1) is 6.54 Å². The minimum Gasteiger partial charge on any atom is -0.488 e. The van der Waals surface area contributed by atoms with Gasteiger partial charge in [0.1, 0.15) is 11.9 Å². The zero-order valence-corrected chi connectivity index (χ0v) is 13.0. The molecule has 2 aliphatic heterocycles. The Morgan fingerprint density at radius 1 is 1.22 bits per heavy atom. The minimum absolute atomic E-state index is 0.0268. The van der Waals surface area contributed by atoms with Gasteiger partial charge in [-0.15, -0.1) is 0 Å². The van der Waals surface area contributed by atoms with Gasteiger partial charge in [-0.05, 0) is 31.4 Å². The van der Waals surface area contributed by atoms with Crippen LogP contribution in [0.15, 0.2) is 30.7 Å². The lowest BCUT2D eigenvalue weighted by molar-refractivity contribution is 0.0754. The smallest absolute Gasteiger partial charge is 0.289 e. The maximum atomic E-state index is 12.8. The lowest BCUT2D eigenvalue weighted by Crippen LogP contribution is -2.33. The van der Waals surface area contributed by atoms with Crippen molar-refractivity contribution >= 4 is 5.91 Å². The number of pyridine rings is 1. The number of nitrogens with zero attached hydrogens (tertiary/aromatic N) is 4. The van der Waals surface area contributed by atoms with Gasteiger partial charge in [0.2, 0.25) is 0 Å². The third kappa shape index (κ3) is 2.81. The molecule has 2 aromatic heterocycles. The van der Waals surface area contributed by atoms with Gasteiger partial charge in [-0.3, -0.25) is 9.78 Å². The first kappa shape index (κ1) is 14.2. The molecule has 0 saturated carbocycles. The molecule has 120 valence electrons. The van der Waals surface area contributed by atoms with E-state index in [1.54, 1.807) is 12.4 Å². The van der Waals surface area contributed by atoms with Crippen molar-refractivity contribution in [1.29, 1.82) is 0 Å². The molecule has 6 nitrogen and oxygen atoms in total. The SMILES string of the molecule is O=C(c1ncc2n1CCCC2)N1CC[C@@H](Oc2ccncc2)C1. The Bertz CT molecular complexity index is 698. The summed E-state index contributed by atoms with van der Waals surface area (Å²) in [5.41, 5.74) is 1.18. The normalized spacial score (nSPS) is 20.3. The predicted molar refractivity (Wildman–Crippen MR) is 84.3 cm³/mol. The standard InChI is InChI=1S/C17H20N4O2/c22-17(16-19-11-13-3-1-2-9-21(13)16)20-10-6-15(12-20)23-14-4-7-18-8-5-14/h4-5,7-8,11,15H,1-3,6,9-10,12H2/t15-/m1/s1. The number of likely N-dealkylation sites (tertiary alicyclic amines) is 1. The molecule has 0 aromatic carbocycles. The number of carbonyl (C=O) groups is 1. The van der Waals surface area contributed by atoms with Crippen LogP contribution in [0.25, 0.3) is 0 Å². The summed E-state index contributed by atoms with van der Waals surface area (Å²) in [5.74, 6) is 1.42. The Morgan fingerprint density at radius 2 is 2.09 bits per heavy atom. The third-order valence-electron chi connectivity index (χ3n) is 4.58. The number of ether oxygens (including phenoxy) is 1. The molecule has 0 N–H and O–H groups in total. The number of imidazole rings is 1. The molecule has 0 bridgehead atoms. The average Bonchev–Trinajstić information content (AvgIpc) is 3.22. The van der Waals surface area contributed by atoms with Crippen LogP contribution in [-0.4, -0.2) is 44.5 Å². The van der Waals surface area contributed by atoms with Crippen molar-refractivity contribution in [2.75, 3.05) is 13.1 Å². The number of aromatic nitrogens is 3. The van der Waals surface area contributed by atoms with E-state index < -0.39 is 0 Å². The summed E-state index contributed by atoms with van der Waals surface area (Å²) >= 11 is 0. The highest BCUT2D eigenvalue weighted by Crippen LogP contribution is 2.21. The summed E-state index contributed by atoms with van der Waals surface area (Å²) in [6, 6.07) is 3.69. The van der Waals surface area contributed by atoms with Crippen LogP contribution >= 0.6 is 0 Å². The van der Waals surface area contributed by atoms with E-state index in [0.717, 1.165) is 38.1 Å². The zero-order valence-electron chi connectivity index (χ0n) is 13.0. The molecule has 2 aliphatic rings. The highest BCUT2D eigenvalue weighted by Gasteiger charge is 2.31. The molecule has 4 heterocycles. The first-order chi connectivity index (χ1) is 11.3. The quantitative estimate of drug-likeness (QED) is 0.868. The topological polar surface area (TPSA) is 60.2 Å². The van der Waals surface area contributed by atoms with Crippen LogP contribution in [0, 0.1) is 0 Å². The number of rotatable bonds is 3. The van der Waals surface area contributed by atoms with Crippen molar-refractivity contribution in [3.63, 3.8) is 0 Å². The lowest BCUT2D eigenvalue weighted by Gasteiger charge is -2.20. The maximum absolute atomic E-state index is 12.8. The number of hydrogen-bond donors (Lipinski definition) is 0. The number of hydrogen-bond acceptors (Lipinski definition) is 4. The predicted octanol–water partition coefficient (Wildman–Crippen LogP) is 1.91. The Morgan fingerprint density at radius 3 is 2.96 bits per heavy atom. The summed E-state index contributed by atoms with van der Waals surface area (Å²) in [7, 11) is 0. The molecule has 1 fully saturated rings. The highest BCUT2D eigenvalue weighted by molar-refractivity contribution is 5.91. The van der Waals surface area contributed by atoms with E-state index in [9.17, 15) is 4.79 Å². The summed E-state index contributed by atoms with van der Waals surface area (Å²) in [4.78, 5) is 23.0. The molecule has 4 rings (SSSR count). The van der Waals surface area contributed by atoms with Crippen LogP contribution in [0.1, 0.15) is 35.6 Å². The fourth-order valence-corrected chi connectivity index (χ4v) is 3.37. The van der Waals surface area contributed by atoms with Crippen molar-refractivity contribution < 1.29 is 9.53 Å². The number of carbonyl (C=O) groups excluding carboxylic acids is 1. The van der Waals surface area contributed by atoms with E-state index in [0.29, 0.717) is 12.4 Å². The molecule has 1 atom stereocenters. The van der Waals surface area contributed by atoms with Crippen LogP contribution in [0.3, 0.4) is 0 Å². The largest absolute Gasteiger partial charge is 0.488 e. The molecule has 6 heteroatoms. The Kier molecular flexibility index (Phi) is 3.73. The van der Waals surface area contributed by atoms with Gasteiger partial charge >= 0.3 is 0 Å². The van der Waals surface area contributed by atoms with Gasteiger partial charge < -0.3 is 14.2 Å². The molecule has 0 radical (unpaired) electrons. The first-order valence-electron chi connectivity index (χ1n) is 8.21. The second-order valence-corrected chi connectivity index (χ2v) is 6.14. The maximum Gasteiger partial charge on any atom is 0.289 e. The van der Waals surface area contributed by atoms with E-state index in [-0.39, 0.29) is 12.0 Å². The Hall–Kier alpha value is -2.37. The Labute approximate surface area is 135 Å². The first-order valence-corrected chi connectivity index (χ1v) is 8.21. The van der Waals surface area contributed by atoms with Gasteiger partial charge in [-0.25, -0.2) is 4.98 Å². The van der Waals surface area contributed by atoms with E-state index in [1.807, 2.05) is 23.2 Å². The monoisotopic (exact) mass is 312 g/mol. The van der Waals surface area contributed by atoms with Crippen molar-refractivity contribution in [3.05, 3.63) is 42.2 Å². The highest BCUT2D eigenvalue weighted by atomic mass is 16.5. The minimum atomic E-state index is 0.0268. The van der Waals surface area contributed by atoms with Crippen molar-refractivity contribution in [2.45, 2.75) is 38.3 Å². The van der Waals surface area contributed by atoms with Gasteiger partial charge in [0.15, 0.2) is 5.82 Å². The zero-order chi connectivity index (χ0) is 15.6. The molecule has 0 spiro atoms. The van der Waals surface area contributed by atoms with Crippen LogP contribution in [0.5, 0.6) is 5.75 Å². The molecule has 1 amide bonds. The summed E-state index contributed by atoms with van der Waals surface area (Å²) in [6.45, 7) is 2.24. The molecule has 2 aromatic rings. The third-order valence-corrected chi connectivity index (χ3v) is 4.58. The fourth-order valence-electron chi connectivity index (χ4n) is 3.37. The lowest BCUT2D eigenvalue weighted by atomic mass is 10.1. The van der Waals surface area contributed by atoms with Gasteiger partial charge in [-0.2, -0.15) is 0 Å². The number of amides is 1. The summed E-state index contributed by atoms with van der Waals surface area (Å²) in [5, 5.41) is 0. The van der Waals surface area contributed by atoms with Gasteiger partial charge in [0, 0.05) is 43.8 Å². The molecule has 0 unspecified atom stereocenters. The summed E-state index contributed by atoms with van der Waals surface area (Å²) < 4.78 is 8.01. The summed E-state index contributed by atoms with van der Waals surface area (Å²) in [6.07, 6.45) is 9.50. The molecule has 1 saturated heterocycles. The van der Waals surface area contributed by atoms with Crippen LogP contribution < -0.4 is 4.74 Å². The van der Waals surface area contributed by atoms with Crippen molar-refractivity contribution in [1.82, 2.24) is 19.4 Å². The average molecular weight is 312 g/mol. The molecular formula is C17H20N4O2. The van der Waals surface area contributed by atoms with E-state index in [2.05, 4.69) is 14.5 Å². The van der Waals surface area contributed by atoms with E-state index >= 15 is 0 Å². The second kappa shape index (κ2) is 6.02. The molecule has 23 heavy (non-hydrogen) atoms. The van der Waals surface area contributed by atoms with Gasteiger partial charge in [-0.1, -0.05) is 0 Å². The molecular weight excluding hydrogens is 292 g/mol. The fraction of sp³-hybridized carbons (Fsp3) is 0.471. The molecule has 0 aliphatic carbocycles. The van der Waals surface area contributed by atoms with Crippen molar-refractivity contribution in [3.8, 4) is 5.75 Å². The van der Waals surface area contributed by atoms with Gasteiger partial charge in [0.25, 0.3) is 5.91 Å². The second-order valence-electron chi connectivity index (χ2n) is 6.14.